The summed E-state index contributed by atoms with van der Waals surface area (Å²) in [6, 6.07) is 8.03. The summed E-state index contributed by atoms with van der Waals surface area (Å²) in [5.41, 5.74) is -0.124. The van der Waals surface area contributed by atoms with Crippen LogP contribution in [0.1, 0.15) is 0 Å². The summed E-state index contributed by atoms with van der Waals surface area (Å²) >= 11 is 0. The minimum Gasteiger partial charge on any atom is -0.497 e. The third kappa shape index (κ3) is 2.54. The zero-order valence-corrected chi connectivity index (χ0v) is 9.57. The molecule has 0 fully saturated rings. The number of hydrogen-bond acceptors (Lipinski definition) is 5. The Morgan fingerprint density at radius 3 is 2.44 bits per heavy atom. The average molecular weight is 246 g/mol. The van der Waals surface area contributed by atoms with Gasteiger partial charge in [-0.15, -0.1) is 0 Å². The second kappa shape index (κ2) is 5.13. The highest BCUT2D eigenvalue weighted by molar-refractivity contribution is 5.46. The SMILES string of the molecule is COc1ccc(Oc2cnccc2[N+](=O)[O-])cc1. The topological polar surface area (TPSA) is 74.5 Å². The summed E-state index contributed by atoms with van der Waals surface area (Å²) in [5, 5.41) is 10.8. The number of nitro groups is 1. The van der Waals surface area contributed by atoms with Crippen LogP contribution in [0.15, 0.2) is 42.7 Å². The molecule has 2 aromatic rings. The van der Waals surface area contributed by atoms with Crippen molar-refractivity contribution in [2.24, 2.45) is 0 Å². The van der Waals surface area contributed by atoms with Crippen LogP contribution in [0.5, 0.6) is 17.2 Å². The van der Waals surface area contributed by atoms with Gasteiger partial charge in [0.15, 0.2) is 0 Å². The Morgan fingerprint density at radius 2 is 1.83 bits per heavy atom. The van der Waals surface area contributed by atoms with Crippen molar-refractivity contribution in [3.8, 4) is 17.2 Å². The van der Waals surface area contributed by atoms with Crippen LogP contribution in [0.4, 0.5) is 5.69 Å². The van der Waals surface area contributed by atoms with Crippen LogP contribution < -0.4 is 9.47 Å². The predicted octanol–water partition coefficient (Wildman–Crippen LogP) is 2.79. The van der Waals surface area contributed by atoms with E-state index < -0.39 is 4.92 Å². The number of benzene rings is 1. The fourth-order valence-electron chi connectivity index (χ4n) is 1.37. The van der Waals surface area contributed by atoms with Crippen LogP contribution in [0, 0.1) is 10.1 Å². The molecule has 0 aliphatic heterocycles. The summed E-state index contributed by atoms with van der Waals surface area (Å²) in [5.74, 6) is 1.27. The first-order chi connectivity index (χ1) is 8.70. The lowest BCUT2D eigenvalue weighted by molar-refractivity contribution is -0.385. The van der Waals surface area contributed by atoms with E-state index in [0.717, 1.165) is 0 Å². The van der Waals surface area contributed by atoms with Crippen LogP contribution in [-0.4, -0.2) is 17.0 Å². The lowest BCUT2D eigenvalue weighted by atomic mass is 10.3. The highest BCUT2D eigenvalue weighted by Gasteiger charge is 2.15. The fourth-order valence-corrected chi connectivity index (χ4v) is 1.37. The van der Waals surface area contributed by atoms with Gasteiger partial charge in [0.2, 0.25) is 5.75 Å². The minimum atomic E-state index is -0.513. The molecule has 6 heteroatoms. The van der Waals surface area contributed by atoms with Gasteiger partial charge in [0.1, 0.15) is 11.5 Å². The van der Waals surface area contributed by atoms with Crippen molar-refractivity contribution in [2.75, 3.05) is 7.11 Å². The van der Waals surface area contributed by atoms with Crippen molar-refractivity contribution in [1.82, 2.24) is 4.98 Å². The number of methoxy groups -OCH3 is 1. The maximum Gasteiger partial charge on any atom is 0.314 e. The summed E-state index contributed by atoms with van der Waals surface area (Å²) < 4.78 is 10.4. The molecule has 0 atom stereocenters. The summed E-state index contributed by atoms with van der Waals surface area (Å²) in [6.45, 7) is 0. The zero-order chi connectivity index (χ0) is 13.0. The van der Waals surface area contributed by atoms with Gasteiger partial charge in [-0.1, -0.05) is 0 Å². The van der Waals surface area contributed by atoms with Crippen LogP contribution in [-0.2, 0) is 0 Å². The first-order valence-corrected chi connectivity index (χ1v) is 5.11. The number of hydrogen-bond donors (Lipinski definition) is 0. The van der Waals surface area contributed by atoms with E-state index in [1.807, 2.05) is 0 Å². The molecule has 1 aromatic heterocycles. The quantitative estimate of drug-likeness (QED) is 0.612. The Bertz CT molecular complexity index is 554. The molecular weight excluding hydrogens is 236 g/mol. The molecular formula is C12H10N2O4. The van der Waals surface area contributed by atoms with Crippen molar-refractivity contribution >= 4 is 5.69 Å². The number of ether oxygens (including phenoxy) is 2. The van der Waals surface area contributed by atoms with Crippen molar-refractivity contribution in [2.45, 2.75) is 0 Å². The van der Waals surface area contributed by atoms with Crippen molar-refractivity contribution in [3.63, 3.8) is 0 Å². The van der Waals surface area contributed by atoms with Gasteiger partial charge in [-0.3, -0.25) is 15.1 Å². The molecule has 0 amide bonds. The van der Waals surface area contributed by atoms with Gasteiger partial charge in [-0.05, 0) is 24.3 Å². The van der Waals surface area contributed by atoms with E-state index in [9.17, 15) is 10.1 Å². The lowest BCUT2D eigenvalue weighted by Gasteiger charge is -2.06. The molecule has 0 unspecified atom stereocenters. The molecule has 6 nitrogen and oxygen atoms in total. The molecule has 0 aliphatic rings. The second-order valence-electron chi connectivity index (χ2n) is 3.38. The average Bonchev–Trinajstić information content (AvgIpc) is 2.40. The Kier molecular flexibility index (Phi) is 3.38. The van der Waals surface area contributed by atoms with Gasteiger partial charge in [0, 0.05) is 12.3 Å². The highest BCUT2D eigenvalue weighted by atomic mass is 16.6. The maximum atomic E-state index is 10.8. The summed E-state index contributed by atoms with van der Waals surface area (Å²) in [7, 11) is 1.56. The lowest BCUT2D eigenvalue weighted by Crippen LogP contribution is -1.94. The number of rotatable bonds is 4. The van der Waals surface area contributed by atoms with Crippen LogP contribution in [0.25, 0.3) is 0 Å². The predicted molar refractivity (Wildman–Crippen MR) is 64.0 cm³/mol. The molecule has 0 saturated carbocycles. The fraction of sp³-hybridized carbons (Fsp3) is 0.0833. The van der Waals surface area contributed by atoms with Gasteiger partial charge in [-0.2, -0.15) is 0 Å². The van der Waals surface area contributed by atoms with Gasteiger partial charge in [0.25, 0.3) is 0 Å². The standard InChI is InChI=1S/C12H10N2O4/c1-17-9-2-4-10(5-3-9)18-12-8-13-7-6-11(12)14(15)16/h2-8H,1H3. The number of aromatic nitrogens is 1. The zero-order valence-electron chi connectivity index (χ0n) is 9.57. The Balaban J connectivity index is 2.25. The van der Waals surface area contributed by atoms with E-state index in [0.29, 0.717) is 11.5 Å². The second-order valence-corrected chi connectivity index (χ2v) is 3.38. The first kappa shape index (κ1) is 11.8. The van der Waals surface area contributed by atoms with E-state index in [2.05, 4.69) is 4.98 Å². The summed E-state index contributed by atoms with van der Waals surface area (Å²) in [4.78, 5) is 14.1. The monoisotopic (exact) mass is 246 g/mol. The molecule has 0 spiro atoms. The Hall–Kier alpha value is -2.63. The normalized spacial score (nSPS) is 9.83. The smallest absolute Gasteiger partial charge is 0.314 e. The molecule has 18 heavy (non-hydrogen) atoms. The maximum absolute atomic E-state index is 10.8. The molecule has 1 aromatic carbocycles. The molecule has 2 rings (SSSR count). The number of pyridine rings is 1. The number of nitrogens with zero attached hydrogens (tertiary/aromatic N) is 2. The molecule has 1 heterocycles. The van der Waals surface area contributed by atoms with E-state index >= 15 is 0 Å². The molecule has 0 radical (unpaired) electrons. The highest BCUT2D eigenvalue weighted by Crippen LogP contribution is 2.30. The van der Waals surface area contributed by atoms with E-state index in [1.165, 1.54) is 18.5 Å². The van der Waals surface area contributed by atoms with Crippen molar-refractivity contribution in [1.29, 1.82) is 0 Å². The van der Waals surface area contributed by atoms with E-state index in [4.69, 9.17) is 9.47 Å². The molecule has 0 saturated heterocycles. The van der Waals surface area contributed by atoms with Gasteiger partial charge < -0.3 is 9.47 Å². The minimum absolute atomic E-state index is 0.104. The largest absolute Gasteiger partial charge is 0.497 e. The first-order valence-electron chi connectivity index (χ1n) is 5.11. The Labute approximate surface area is 103 Å². The van der Waals surface area contributed by atoms with Gasteiger partial charge in [-0.25, -0.2) is 0 Å². The van der Waals surface area contributed by atoms with Crippen molar-refractivity contribution < 1.29 is 14.4 Å². The third-order valence-electron chi connectivity index (χ3n) is 2.25. The van der Waals surface area contributed by atoms with E-state index in [-0.39, 0.29) is 11.4 Å². The van der Waals surface area contributed by atoms with Gasteiger partial charge in [0.05, 0.1) is 18.2 Å². The molecule has 0 N–H and O–H groups in total. The van der Waals surface area contributed by atoms with Crippen LogP contribution in [0.2, 0.25) is 0 Å². The molecule has 0 aliphatic carbocycles. The van der Waals surface area contributed by atoms with Crippen LogP contribution >= 0.6 is 0 Å². The van der Waals surface area contributed by atoms with Crippen molar-refractivity contribution in [3.05, 3.63) is 52.8 Å². The third-order valence-corrected chi connectivity index (χ3v) is 2.25. The van der Waals surface area contributed by atoms with Gasteiger partial charge >= 0.3 is 5.69 Å². The Morgan fingerprint density at radius 1 is 1.17 bits per heavy atom. The van der Waals surface area contributed by atoms with E-state index in [1.54, 1.807) is 31.4 Å². The summed E-state index contributed by atoms with van der Waals surface area (Å²) in [6.07, 6.45) is 2.65. The van der Waals surface area contributed by atoms with Crippen LogP contribution in [0.3, 0.4) is 0 Å². The molecule has 0 bridgehead atoms. The molecule has 92 valence electrons.